The Labute approximate surface area is 159 Å². The molecular weight excluding hydrogens is 340 g/mol. The van der Waals surface area contributed by atoms with Gasteiger partial charge in [0.2, 0.25) is 11.8 Å². The number of rotatable bonds is 4. The number of aromatic amines is 1. The molecule has 1 saturated carbocycles. The van der Waals surface area contributed by atoms with Crippen LogP contribution >= 0.6 is 0 Å². The van der Waals surface area contributed by atoms with E-state index >= 15 is 0 Å². The Bertz CT molecular complexity index is 917. The summed E-state index contributed by atoms with van der Waals surface area (Å²) < 4.78 is 11.8. The maximum atomic E-state index is 9.76. The summed E-state index contributed by atoms with van der Waals surface area (Å²) in [4.78, 5) is 0. The molecule has 1 aliphatic heterocycles. The number of fused-ring (bicyclic) bond motifs is 1. The van der Waals surface area contributed by atoms with Gasteiger partial charge in [-0.15, -0.1) is 5.10 Å². The molecule has 0 spiro atoms. The molecule has 1 unspecified atom stereocenters. The second-order valence-corrected chi connectivity index (χ2v) is 7.53. The number of nitrogens with two attached hydrogens (primary N) is 1. The summed E-state index contributed by atoms with van der Waals surface area (Å²) in [5.74, 6) is 1.28. The van der Waals surface area contributed by atoms with Crippen molar-refractivity contribution in [3.05, 3.63) is 52.5 Å². The van der Waals surface area contributed by atoms with Gasteiger partial charge in [-0.25, -0.2) is 0 Å². The van der Waals surface area contributed by atoms with E-state index < -0.39 is 0 Å². The molecule has 27 heavy (non-hydrogen) atoms. The topological polar surface area (TPSA) is 97.0 Å². The van der Waals surface area contributed by atoms with Crippen molar-refractivity contribution in [3.63, 3.8) is 0 Å². The summed E-state index contributed by atoms with van der Waals surface area (Å²) in [5, 5.41) is 17.1. The first-order valence-electron chi connectivity index (χ1n) is 9.50. The van der Waals surface area contributed by atoms with Crippen molar-refractivity contribution in [3.8, 4) is 17.7 Å². The lowest BCUT2D eigenvalue weighted by atomic mass is 9.82. The fourth-order valence-electron chi connectivity index (χ4n) is 4.01. The molecule has 140 valence electrons. The van der Waals surface area contributed by atoms with Crippen molar-refractivity contribution in [2.24, 2.45) is 5.73 Å². The van der Waals surface area contributed by atoms with Gasteiger partial charge >= 0.3 is 0 Å². The van der Waals surface area contributed by atoms with Gasteiger partial charge in [0.15, 0.2) is 0 Å². The van der Waals surface area contributed by atoms with E-state index in [1.165, 1.54) is 12.8 Å². The highest BCUT2D eigenvalue weighted by Crippen LogP contribution is 2.45. The Kier molecular flexibility index (Phi) is 4.53. The zero-order valence-corrected chi connectivity index (χ0v) is 15.7. The molecule has 1 aromatic carbocycles. The predicted molar refractivity (Wildman–Crippen MR) is 101 cm³/mol. The minimum Gasteiger partial charge on any atom is -0.490 e. The third-order valence-electron chi connectivity index (χ3n) is 5.34. The van der Waals surface area contributed by atoms with E-state index in [2.05, 4.69) is 30.1 Å². The molecule has 6 nitrogen and oxygen atoms in total. The summed E-state index contributed by atoms with van der Waals surface area (Å²) in [5.41, 5.74) is 9.24. The maximum absolute atomic E-state index is 9.76. The van der Waals surface area contributed by atoms with E-state index in [9.17, 15) is 5.26 Å². The number of nitrogens with one attached hydrogen (secondary N) is 1. The van der Waals surface area contributed by atoms with Crippen molar-refractivity contribution in [1.82, 2.24) is 10.2 Å². The number of benzene rings is 1. The van der Waals surface area contributed by atoms with Crippen molar-refractivity contribution in [2.75, 3.05) is 0 Å². The molecule has 0 bridgehead atoms. The SMILES string of the molecule is CC(C)c1[nH]nc2c1C(c1cccc(OC3CCCC3)c1)C(C#N)=C(N)O2. The highest BCUT2D eigenvalue weighted by Gasteiger charge is 2.36. The van der Waals surface area contributed by atoms with Gasteiger partial charge in [-0.05, 0) is 49.3 Å². The zero-order chi connectivity index (χ0) is 19.0. The van der Waals surface area contributed by atoms with Crippen LogP contribution in [0.3, 0.4) is 0 Å². The minimum atomic E-state index is -0.318. The van der Waals surface area contributed by atoms with Crippen molar-refractivity contribution >= 4 is 0 Å². The highest BCUT2D eigenvalue weighted by atomic mass is 16.5. The van der Waals surface area contributed by atoms with Gasteiger partial charge in [0.1, 0.15) is 17.4 Å². The molecule has 4 rings (SSSR count). The van der Waals surface area contributed by atoms with Gasteiger partial charge in [-0.2, -0.15) is 5.26 Å². The van der Waals surface area contributed by atoms with Crippen LogP contribution in [0, 0.1) is 11.3 Å². The monoisotopic (exact) mass is 364 g/mol. The molecule has 2 aromatic rings. The third kappa shape index (κ3) is 3.14. The fraction of sp³-hybridized carbons (Fsp3) is 0.429. The number of ether oxygens (including phenoxy) is 2. The molecule has 1 fully saturated rings. The van der Waals surface area contributed by atoms with Crippen molar-refractivity contribution < 1.29 is 9.47 Å². The Hall–Kier alpha value is -2.94. The second-order valence-electron chi connectivity index (χ2n) is 7.53. The van der Waals surface area contributed by atoms with E-state index in [4.69, 9.17) is 15.2 Å². The molecule has 0 radical (unpaired) electrons. The summed E-state index contributed by atoms with van der Waals surface area (Å²) in [6.45, 7) is 4.16. The largest absolute Gasteiger partial charge is 0.490 e. The average Bonchev–Trinajstić information content (AvgIpc) is 3.30. The Morgan fingerprint density at radius 1 is 1.33 bits per heavy atom. The third-order valence-corrected chi connectivity index (χ3v) is 5.34. The zero-order valence-electron chi connectivity index (χ0n) is 15.7. The molecule has 6 heteroatoms. The van der Waals surface area contributed by atoms with E-state index in [1.54, 1.807) is 0 Å². The first-order valence-corrected chi connectivity index (χ1v) is 9.50. The average molecular weight is 364 g/mol. The van der Waals surface area contributed by atoms with Crippen LogP contribution in [0.5, 0.6) is 11.6 Å². The summed E-state index contributed by atoms with van der Waals surface area (Å²) in [7, 11) is 0. The van der Waals surface area contributed by atoms with Crippen LogP contribution in [0.1, 0.15) is 68.2 Å². The molecule has 2 heterocycles. The number of nitrogens with zero attached hydrogens (tertiary/aromatic N) is 2. The van der Waals surface area contributed by atoms with Crippen LogP contribution in [0.15, 0.2) is 35.7 Å². The number of nitriles is 1. The van der Waals surface area contributed by atoms with E-state index in [-0.39, 0.29) is 23.8 Å². The van der Waals surface area contributed by atoms with E-state index in [1.807, 2.05) is 24.3 Å². The van der Waals surface area contributed by atoms with Crippen LogP contribution in [0.4, 0.5) is 0 Å². The molecule has 2 aliphatic rings. The van der Waals surface area contributed by atoms with Gasteiger partial charge < -0.3 is 15.2 Å². The number of aromatic nitrogens is 2. The lowest BCUT2D eigenvalue weighted by Crippen LogP contribution is -2.21. The van der Waals surface area contributed by atoms with Crippen LogP contribution in [0.2, 0.25) is 0 Å². The predicted octanol–water partition coefficient (Wildman–Crippen LogP) is 4.07. The van der Waals surface area contributed by atoms with Crippen LogP contribution in [0.25, 0.3) is 0 Å². The quantitative estimate of drug-likeness (QED) is 0.852. The Morgan fingerprint density at radius 3 is 2.81 bits per heavy atom. The fourth-order valence-corrected chi connectivity index (χ4v) is 4.01. The molecular formula is C21H24N4O2. The molecule has 0 amide bonds. The first kappa shape index (κ1) is 17.5. The summed E-state index contributed by atoms with van der Waals surface area (Å²) in [6.07, 6.45) is 4.92. The number of hydrogen-bond acceptors (Lipinski definition) is 5. The molecule has 0 saturated heterocycles. The lowest BCUT2D eigenvalue weighted by molar-refractivity contribution is 0.210. The van der Waals surface area contributed by atoms with Crippen LogP contribution in [-0.2, 0) is 0 Å². The van der Waals surface area contributed by atoms with E-state index in [0.717, 1.165) is 35.4 Å². The molecule has 1 aliphatic carbocycles. The first-order chi connectivity index (χ1) is 13.1. The Balaban J connectivity index is 1.77. The van der Waals surface area contributed by atoms with Gasteiger partial charge in [-0.1, -0.05) is 26.0 Å². The summed E-state index contributed by atoms with van der Waals surface area (Å²) >= 11 is 0. The second kappa shape index (κ2) is 6.99. The van der Waals surface area contributed by atoms with Crippen LogP contribution in [-0.4, -0.2) is 16.3 Å². The van der Waals surface area contributed by atoms with Gasteiger partial charge in [0, 0.05) is 5.69 Å². The van der Waals surface area contributed by atoms with Gasteiger partial charge in [0.05, 0.1) is 17.6 Å². The molecule has 3 N–H and O–H groups in total. The number of allylic oxidation sites excluding steroid dienone is 1. The standard InChI is InChI=1S/C21H24N4O2/c1-12(2)19-18-17(16(11-22)20(23)27-21(18)25-24-19)13-6-5-9-15(10-13)26-14-7-3-4-8-14/h5-6,9-10,12,14,17H,3-4,7-8,23H2,1-2H3,(H,24,25). The minimum absolute atomic E-state index is 0.110. The maximum Gasteiger partial charge on any atom is 0.244 e. The molecule has 1 aromatic heterocycles. The van der Waals surface area contributed by atoms with Crippen LogP contribution < -0.4 is 15.2 Å². The highest BCUT2D eigenvalue weighted by molar-refractivity contribution is 5.56. The Morgan fingerprint density at radius 2 is 2.11 bits per heavy atom. The summed E-state index contributed by atoms with van der Waals surface area (Å²) in [6, 6.07) is 10.2. The van der Waals surface area contributed by atoms with Gasteiger partial charge in [-0.3, -0.25) is 5.10 Å². The van der Waals surface area contributed by atoms with Gasteiger partial charge in [0.25, 0.3) is 0 Å². The lowest BCUT2D eigenvalue weighted by Gasteiger charge is -2.25. The molecule has 1 atom stereocenters. The normalized spacial score (nSPS) is 19.7. The number of hydrogen-bond donors (Lipinski definition) is 2. The smallest absolute Gasteiger partial charge is 0.244 e. The van der Waals surface area contributed by atoms with Crippen molar-refractivity contribution in [1.29, 1.82) is 5.26 Å². The number of H-pyrrole nitrogens is 1. The van der Waals surface area contributed by atoms with E-state index in [0.29, 0.717) is 11.5 Å². The van der Waals surface area contributed by atoms with Crippen molar-refractivity contribution in [2.45, 2.75) is 57.5 Å².